The number of aromatic nitrogens is 2. The molecule has 0 amide bonds. The Bertz CT molecular complexity index is 1100. The monoisotopic (exact) mass is 388 g/mol. The molecule has 0 saturated heterocycles. The molecule has 4 N–H and O–H groups in total. The Hall–Kier alpha value is -3.28. The third kappa shape index (κ3) is 3.05. The van der Waals surface area contributed by atoms with Crippen LogP contribution in [0.2, 0.25) is 0 Å². The van der Waals surface area contributed by atoms with Gasteiger partial charge in [0, 0.05) is 24.2 Å². The van der Waals surface area contributed by atoms with E-state index >= 15 is 0 Å². The molecule has 3 atom stereocenters. The fourth-order valence-electron chi connectivity index (χ4n) is 4.66. The summed E-state index contributed by atoms with van der Waals surface area (Å²) in [4.78, 5) is 8.70. The van der Waals surface area contributed by atoms with Crippen LogP contribution in [-0.4, -0.2) is 16.1 Å². The number of nitrogen functional groups attached to an aromatic ring is 2. The molecule has 148 valence electrons. The fraction of sp³-hybridized carbons (Fsp3) is 0.304. The Kier molecular flexibility index (Phi) is 4.08. The van der Waals surface area contributed by atoms with E-state index in [2.05, 4.69) is 22.1 Å². The van der Waals surface area contributed by atoms with Crippen molar-refractivity contribution < 1.29 is 9.47 Å². The highest BCUT2D eigenvalue weighted by atomic mass is 16.5. The summed E-state index contributed by atoms with van der Waals surface area (Å²) in [7, 11) is 0. The Morgan fingerprint density at radius 2 is 1.45 bits per heavy atom. The minimum Gasteiger partial charge on any atom is -0.472 e. The van der Waals surface area contributed by atoms with E-state index < -0.39 is 0 Å². The standard InChI is InChI=1S/C23H24N4O2/c1-12-7-19(24)22(26-10-12)28-14-3-4-15-16-5-6-17(18(15)9-14)21(16)29-23-20(25)8-13(2)11-27-23/h3-4,7-11,16-17,21H,5-6,24-25H2,1-2H3. The number of hydrogen-bond acceptors (Lipinski definition) is 6. The zero-order valence-electron chi connectivity index (χ0n) is 16.6. The van der Waals surface area contributed by atoms with Crippen LogP contribution in [0.4, 0.5) is 11.4 Å². The number of benzene rings is 1. The largest absolute Gasteiger partial charge is 0.472 e. The van der Waals surface area contributed by atoms with Gasteiger partial charge in [-0.25, -0.2) is 9.97 Å². The lowest BCUT2D eigenvalue weighted by Crippen LogP contribution is -2.20. The van der Waals surface area contributed by atoms with E-state index in [4.69, 9.17) is 20.9 Å². The SMILES string of the molecule is Cc1cnc(Oc2ccc3c(c2)C2CCC3C2Oc2ncc(C)cc2N)c(N)c1. The average Bonchev–Trinajstić information content (AvgIpc) is 3.21. The van der Waals surface area contributed by atoms with E-state index in [1.54, 1.807) is 12.4 Å². The second-order valence-corrected chi connectivity index (χ2v) is 8.08. The van der Waals surface area contributed by atoms with Gasteiger partial charge < -0.3 is 20.9 Å². The number of anilines is 2. The highest BCUT2D eigenvalue weighted by Gasteiger charge is 2.48. The molecule has 2 aliphatic rings. The van der Waals surface area contributed by atoms with Crippen LogP contribution in [-0.2, 0) is 0 Å². The number of hydrogen-bond donors (Lipinski definition) is 2. The first-order valence-electron chi connectivity index (χ1n) is 9.92. The van der Waals surface area contributed by atoms with Gasteiger partial charge in [-0.15, -0.1) is 0 Å². The first kappa shape index (κ1) is 17.8. The smallest absolute Gasteiger partial charge is 0.242 e. The summed E-state index contributed by atoms with van der Waals surface area (Å²) in [5, 5.41) is 0. The van der Waals surface area contributed by atoms with Gasteiger partial charge in [0.25, 0.3) is 0 Å². The molecule has 6 heteroatoms. The molecule has 1 aromatic carbocycles. The van der Waals surface area contributed by atoms with Crippen molar-refractivity contribution in [2.45, 2.75) is 44.6 Å². The predicted molar refractivity (Wildman–Crippen MR) is 112 cm³/mol. The van der Waals surface area contributed by atoms with Crippen LogP contribution in [0, 0.1) is 13.8 Å². The van der Waals surface area contributed by atoms with Gasteiger partial charge in [-0.3, -0.25) is 0 Å². The third-order valence-corrected chi connectivity index (χ3v) is 5.93. The molecule has 2 bridgehead atoms. The van der Waals surface area contributed by atoms with Crippen molar-refractivity contribution >= 4 is 11.4 Å². The number of ether oxygens (including phenoxy) is 2. The molecular formula is C23H24N4O2. The van der Waals surface area contributed by atoms with E-state index in [1.807, 2.05) is 32.0 Å². The van der Waals surface area contributed by atoms with Crippen LogP contribution in [0.25, 0.3) is 0 Å². The fourth-order valence-corrected chi connectivity index (χ4v) is 4.66. The summed E-state index contributed by atoms with van der Waals surface area (Å²) in [6.07, 6.45) is 5.80. The Labute approximate surface area is 169 Å². The van der Waals surface area contributed by atoms with Crippen molar-refractivity contribution in [1.82, 2.24) is 9.97 Å². The van der Waals surface area contributed by atoms with Crippen LogP contribution in [0.15, 0.2) is 42.7 Å². The maximum Gasteiger partial charge on any atom is 0.242 e. The van der Waals surface area contributed by atoms with Crippen molar-refractivity contribution in [3.05, 3.63) is 65.0 Å². The minimum absolute atomic E-state index is 0.0559. The van der Waals surface area contributed by atoms with Crippen LogP contribution in [0.3, 0.4) is 0 Å². The first-order valence-corrected chi connectivity index (χ1v) is 9.92. The average molecular weight is 388 g/mol. The number of aryl methyl sites for hydroxylation is 2. The van der Waals surface area contributed by atoms with E-state index in [-0.39, 0.29) is 6.10 Å². The van der Waals surface area contributed by atoms with E-state index in [9.17, 15) is 0 Å². The second-order valence-electron chi connectivity index (χ2n) is 8.08. The second kappa shape index (κ2) is 6.65. The molecule has 5 rings (SSSR count). The predicted octanol–water partition coefficient (Wildman–Crippen LogP) is 4.47. The molecule has 1 fully saturated rings. The Balaban J connectivity index is 1.41. The van der Waals surface area contributed by atoms with Gasteiger partial charge in [-0.1, -0.05) is 6.07 Å². The molecule has 29 heavy (non-hydrogen) atoms. The number of pyridine rings is 2. The summed E-state index contributed by atoms with van der Waals surface area (Å²) in [5.74, 6) is 2.37. The molecule has 0 radical (unpaired) electrons. The van der Waals surface area contributed by atoms with Crippen LogP contribution in [0.1, 0.15) is 46.9 Å². The number of nitrogens with two attached hydrogens (primary N) is 2. The molecule has 3 unspecified atom stereocenters. The minimum atomic E-state index is 0.0559. The first-order chi connectivity index (χ1) is 14.0. The molecule has 1 saturated carbocycles. The van der Waals surface area contributed by atoms with Crippen LogP contribution < -0.4 is 20.9 Å². The highest BCUT2D eigenvalue weighted by molar-refractivity contribution is 5.54. The van der Waals surface area contributed by atoms with Gasteiger partial charge in [0.15, 0.2) is 0 Å². The lowest BCUT2D eigenvalue weighted by atomic mass is 9.92. The van der Waals surface area contributed by atoms with E-state index in [0.717, 1.165) is 29.7 Å². The highest BCUT2D eigenvalue weighted by Crippen LogP contribution is 2.55. The lowest BCUT2D eigenvalue weighted by molar-refractivity contribution is 0.180. The molecule has 2 aromatic heterocycles. The molecule has 2 heterocycles. The summed E-state index contributed by atoms with van der Waals surface area (Å²) < 4.78 is 12.3. The van der Waals surface area contributed by atoms with Gasteiger partial charge in [0.2, 0.25) is 11.8 Å². The zero-order valence-corrected chi connectivity index (χ0v) is 16.6. The van der Waals surface area contributed by atoms with Gasteiger partial charge in [-0.2, -0.15) is 0 Å². The summed E-state index contributed by atoms with van der Waals surface area (Å²) in [5.41, 5.74) is 17.9. The van der Waals surface area contributed by atoms with E-state index in [1.165, 1.54) is 11.1 Å². The maximum atomic E-state index is 6.31. The molecule has 0 spiro atoms. The van der Waals surface area contributed by atoms with Gasteiger partial charge in [0.1, 0.15) is 11.9 Å². The van der Waals surface area contributed by atoms with Gasteiger partial charge in [-0.05, 0) is 73.2 Å². The summed E-state index contributed by atoms with van der Waals surface area (Å²) in [6, 6.07) is 9.98. The normalized spacial score (nSPS) is 21.8. The Morgan fingerprint density at radius 3 is 2.10 bits per heavy atom. The molecule has 3 aromatic rings. The van der Waals surface area contributed by atoms with Gasteiger partial charge >= 0.3 is 0 Å². The molecule has 2 aliphatic carbocycles. The summed E-state index contributed by atoms with van der Waals surface area (Å²) in [6.45, 7) is 3.93. The third-order valence-electron chi connectivity index (χ3n) is 5.93. The molecule has 6 nitrogen and oxygen atoms in total. The number of nitrogens with zero attached hydrogens (tertiary/aromatic N) is 2. The van der Waals surface area contributed by atoms with Crippen molar-refractivity contribution in [2.75, 3.05) is 11.5 Å². The van der Waals surface area contributed by atoms with Crippen molar-refractivity contribution in [2.24, 2.45) is 0 Å². The zero-order chi connectivity index (χ0) is 20.1. The van der Waals surface area contributed by atoms with Gasteiger partial charge in [0.05, 0.1) is 11.4 Å². The molecular weight excluding hydrogens is 364 g/mol. The van der Waals surface area contributed by atoms with Crippen LogP contribution >= 0.6 is 0 Å². The number of rotatable bonds is 4. The number of fused-ring (bicyclic) bond motifs is 5. The lowest BCUT2D eigenvalue weighted by Gasteiger charge is -2.19. The maximum absolute atomic E-state index is 6.31. The Morgan fingerprint density at radius 1 is 0.828 bits per heavy atom. The topological polar surface area (TPSA) is 96.3 Å². The van der Waals surface area contributed by atoms with Crippen molar-refractivity contribution in [1.29, 1.82) is 0 Å². The quantitative estimate of drug-likeness (QED) is 0.684. The molecule has 0 aliphatic heterocycles. The van der Waals surface area contributed by atoms with Crippen molar-refractivity contribution in [3.63, 3.8) is 0 Å². The van der Waals surface area contributed by atoms with E-state index in [0.29, 0.717) is 35.0 Å². The van der Waals surface area contributed by atoms with Crippen molar-refractivity contribution in [3.8, 4) is 17.5 Å². The van der Waals surface area contributed by atoms with Crippen LogP contribution in [0.5, 0.6) is 17.5 Å². The summed E-state index contributed by atoms with van der Waals surface area (Å²) >= 11 is 0.